The van der Waals surface area contributed by atoms with Gasteiger partial charge in [-0.3, -0.25) is 4.79 Å². The molecular formula is C13H22N4O2. The number of aromatic nitrogens is 2. The van der Waals surface area contributed by atoms with Crippen LogP contribution in [-0.2, 0) is 4.79 Å². The van der Waals surface area contributed by atoms with Crippen LogP contribution in [0.2, 0.25) is 0 Å². The van der Waals surface area contributed by atoms with Gasteiger partial charge in [0.05, 0.1) is 0 Å². The molecule has 1 amide bonds. The van der Waals surface area contributed by atoms with Gasteiger partial charge in [0.15, 0.2) is 0 Å². The van der Waals surface area contributed by atoms with E-state index in [1.165, 1.54) is 0 Å². The number of carbonyl (C=O) groups is 1. The van der Waals surface area contributed by atoms with Gasteiger partial charge in [0.2, 0.25) is 11.9 Å². The Morgan fingerprint density at radius 2 is 1.89 bits per heavy atom. The molecule has 0 radical (unpaired) electrons. The molecule has 0 saturated carbocycles. The van der Waals surface area contributed by atoms with Gasteiger partial charge in [0, 0.05) is 37.5 Å². The van der Waals surface area contributed by atoms with E-state index < -0.39 is 0 Å². The van der Waals surface area contributed by atoms with Gasteiger partial charge in [-0.15, -0.1) is 0 Å². The standard InChI is InChI=1S/C13H22N4O2/c1-10-9-11(2)17-13(16-10)15-6-3-5-12(19)14-7-4-8-18/h9,18H,3-8H2,1-2H3,(H,14,19)(H,15,16,17). The van der Waals surface area contributed by atoms with Crippen LogP contribution in [0.5, 0.6) is 0 Å². The number of anilines is 1. The predicted octanol–water partition coefficient (Wildman–Crippen LogP) is 0.784. The Hall–Kier alpha value is -1.69. The highest BCUT2D eigenvalue weighted by molar-refractivity contribution is 5.75. The van der Waals surface area contributed by atoms with Crippen molar-refractivity contribution in [1.82, 2.24) is 15.3 Å². The molecule has 0 spiro atoms. The molecule has 0 fully saturated rings. The molecule has 0 aromatic carbocycles. The number of hydrogen-bond donors (Lipinski definition) is 3. The summed E-state index contributed by atoms with van der Waals surface area (Å²) in [6, 6.07) is 1.92. The first-order valence-corrected chi connectivity index (χ1v) is 6.55. The normalized spacial score (nSPS) is 10.3. The molecule has 1 aromatic heterocycles. The van der Waals surface area contributed by atoms with Crippen molar-refractivity contribution in [3.05, 3.63) is 17.5 Å². The minimum Gasteiger partial charge on any atom is -0.396 e. The van der Waals surface area contributed by atoms with Gasteiger partial charge >= 0.3 is 0 Å². The number of hydrogen-bond acceptors (Lipinski definition) is 5. The summed E-state index contributed by atoms with van der Waals surface area (Å²) >= 11 is 0. The predicted molar refractivity (Wildman–Crippen MR) is 73.9 cm³/mol. The zero-order valence-corrected chi connectivity index (χ0v) is 11.6. The van der Waals surface area contributed by atoms with Crippen LogP contribution in [0.3, 0.4) is 0 Å². The molecule has 0 saturated heterocycles. The van der Waals surface area contributed by atoms with Crippen molar-refractivity contribution in [2.45, 2.75) is 33.1 Å². The van der Waals surface area contributed by atoms with Crippen molar-refractivity contribution in [2.24, 2.45) is 0 Å². The molecule has 0 aliphatic heterocycles. The first-order chi connectivity index (χ1) is 9.11. The summed E-state index contributed by atoms with van der Waals surface area (Å²) in [7, 11) is 0. The summed E-state index contributed by atoms with van der Waals surface area (Å²) in [6.45, 7) is 5.15. The summed E-state index contributed by atoms with van der Waals surface area (Å²) < 4.78 is 0. The molecule has 3 N–H and O–H groups in total. The molecule has 1 rings (SSSR count). The number of amides is 1. The highest BCUT2D eigenvalue weighted by Gasteiger charge is 2.01. The van der Waals surface area contributed by atoms with Crippen molar-refractivity contribution < 1.29 is 9.90 Å². The Labute approximate surface area is 113 Å². The molecule has 0 aliphatic rings. The smallest absolute Gasteiger partial charge is 0.223 e. The quantitative estimate of drug-likeness (QED) is 0.605. The molecule has 1 heterocycles. The van der Waals surface area contributed by atoms with Gasteiger partial charge in [0.25, 0.3) is 0 Å². The van der Waals surface area contributed by atoms with Crippen molar-refractivity contribution in [3.8, 4) is 0 Å². The fourth-order valence-electron chi connectivity index (χ4n) is 1.65. The Balaban J connectivity index is 2.18. The molecule has 0 aliphatic carbocycles. The van der Waals surface area contributed by atoms with Crippen molar-refractivity contribution in [2.75, 3.05) is 25.0 Å². The van der Waals surface area contributed by atoms with Crippen molar-refractivity contribution in [1.29, 1.82) is 0 Å². The Kier molecular flexibility index (Phi) is 6.81. The topological polar surface area (TPSA) is 87.1 Å². The number of nitrogens with one attached hydrogen (secondary N) is 2. The lowest BCUT2D eigenvalue weighted by Gasteiger charge is -2.07. The fraction of sp³-hybridized carbons (Fsp3) is 0.615. The van der Waals surface area contributed by atoms with E-state index in [2.05, 4.69) is 20.6 Å². The van der Waals surface area contributed by atoms with Gasteiger partial charge in [-0.05, 0) is 32.8 Å². The van der Waals surface area contributed by atoms with Crippen LogP contribution in [0, 0.1) is 13.8 Å². The maximum Gasteiger partial charge on any atom is 0.223 e. The molecular weight excluding hydrogens is 244 g/mol. The number of aryl methyl sites for hydroxylation is 2. The summed E-state index contributed by atoms with van der Waals surface area (Å²) in [5.41, 5.74) is 1.86. The molecule has 106 valence electrons. The fourth-order valence-corrected chi connectivity index (χ4v) is 1.65. The van der Waals surface area contributed by atoms with E-state index in [9.17, 15) is 4.79 Å². The van der Waals surface area contributed by atoms with E-state index in [-0.39, 0.29) is 12.5 Å². The number of aliphatic hydroxyl groups excluding tert-OH is 1. The first-order valence-electron chi connectivity index (χ1n) is 6.55. The molecule has 0 bridgehead atoms. The van der Waals surface area contributed by atoms with E-state index in [0.29, 0.717) is 31.9 Å². The average molecular weight is 266 g/mol. The van der Waals surface area contributed by atoms with Gasteiger partial charge < -0.3 is 15.7 Å². The largest absolute Gasteiger partial charge is 0.396 e. The zero-order valence-electron chi connectivity index (χ0n) is 11.6. The highest BCUT2D eigenvalue weighted by atomic mass is 16.3. The minimum absolute atomic E-state index is 0.0107. The molecule has 6 nitrogen and oxygen atoms in total. The van der Waals surface area contributed by atoms with Gasteiger partial charge in [0.1, 0.15) is 0 Å². The lowest BCUT2D eigenvalue weighted by molar-refractivity contribution is -0.121. The number of aliphatic hydroxyl groups is 1. The van der Waals surface area contributed by atoms with Crippen LogP contribution >= 0.6 is 0 Å². The molecule has 1 aromatic rings. The second-order valence-electron chi connectivity index (χ2n) is 4.43. The lowest BCUT2D eigenvalue weighted by Crippen LogP contribution is -2.25. The van der Waals surface area contributed by atoms with E-state index in [1.807, 2.05) is 19.9 Å². The first kappa shape index (κ1) is 15.4. The van der Waals surface area contributed by atoms with E-state index in [0.717, 1.165) is 17.8 Å². The SMILES string of the molecule is Cc1cc(C)nc(NCCCC(=O)NCCCO)n1. The van der Waals surface area contributed by atoms with Crippen LogP contribution in [-0.4, -0.2) is 40.7 Å². The van der Waals surface area contributed by atoms with Gasteiger partial charge in [-0.25, -0.2) is 9.97 Å². The van der Waals surface area contributed by atoms with Crippen molar-refractivity contribution in [3.63, 3.8) is 0 Å². The number of carbonyl (C=O) groups excluding carboxylic acids is 1. The lowest BCUT2D eigenvalue weighted by atomic mass is 10.3. The third-order valence-electron chi connectivity index (χ3n) is 2.50. The van der Waals surface area contributed by atoms with Crippen molar-refractivity contribution >= 4 is 11.9 Å². The minimum atomic E-state index is 0.0107. The van der Waals surface area contributed by atoms with Crippen LogP contribution < -0.4 is 10.6 Å². The summed E-state index contributed by atoms with van der Waals surface area (Å²) in [6.07, 6.45) is 1.78. The second-order valence-corrected chi connectivity index (χ2v) is 4.43. The van der Waals surface area contributed by atoms with E-state index in [1.54, 1.807) is 0 Å². The van der Waals surface area contributed by atoms with Gasteiger partial charge in [-0.2, -0.15) is 0 Å². The van der Waals surface area contributed by atoms with E-state index >= 15 is 0 Å². The maximum atomic E-state index is 11.4. The summed E-state index contributed by atoms with van der Waals surface area (Å²) in [4.78, 5) is 19.9. The van der Waals surface area contributed by atoms with E-state index in [4.69, 9.17) is 5.11 Å². The third kappa shape index (κ3) is 6.71. The summed E-state index contributed by atoms with van der Waals surface area (Å²) in [5.74, 6) is 0.620. The maximum absolute atomic E-state index is 11.4. The molecule has 0 unspecified atom stereocenters. The Morgan fingerprint density at radius 3 is 2.53 bits per heavy atom. The second kappa shape index (κ2) is 8.42. The molecule has 6 heteroatoms. The molecule has 0 atom stereocenters. The van der Waals surface area contributed by atoms with Crippen LogP contribution in [0.25, 0.3) is 0 Å². The van der Waals surface area contributed by atoms with Gasteiger partial charge in [-0.1, -0.05) is 0 Å². The Morgan fingerprint density at radius 1 is 1.21 bits per heavy atom. The Bertz CT molecular complexity index is 389. The van der Waals surface area contributed by atoms with Crippen LogP contribution in [0.4, 0.5) is 5.95 Å². The average Bonchev–Trinajstić information content (AvgIpc) is 2.34. The summed E-state index contributed by atoms with van der Waals surface area (Å²) in [5, 5.41) is 14.4. The number of nitrogens with zero attached hydrogens (tertiary/aromatic N) is 2. The monoisotopic (exact) mass is 266 g/mol. The zero-order chi connectivity index (χ0) is 14.1. The number of rotatable bonds is 8. The van der Waals surface area contributed by atoms with Crippen LogP contribution in [0.1, 0.15) is 30.7 Å². The highest BCUT2D eigenvalue weighted by Crippen LogP contribution is 2.03. The third-order valence-corrected chi connectivity index (χ3v) is 2.50. The molecule has 19 heavy (non-hydrogen) atoms. The van der Waals surface area contributed by atoms with Crippen LogP contribution in [0.15, 0.2) is 6.07 Å².